The third-order valence-corrected chi connectivity index (χ3v) is 5.29. The van der Waals surface area contributed by atoms with Crippen LogP contribution in [0.1, 0.15) is 11.1 Å². The van der Waals surface area contributed by atoms with Crippen LogP contribution in [0, 0.1) is 0 Å². The van der Waals surface area contributed by atoms with E-state index in [0.29, 0.717) is 22.8 Å². The number of rotatable bonds is 6. The average molecular weight is 344 g/mol. The van der Waals surface area contributed by atoms with Crippen molar-refractivity contribution in [2.75, 3.05) is 0 Å². The smallest absolute Gasteiger partial charge is 0.263 e. The molecule has 23 heavy (non-hydrogen) atoms. The van der Waals surface area contributed by atoms with Gasteiger partial charge in [0.1, 0.15) is 4.83 Å². The van der Waals surface area contributed by atoms with Crippen LogP contribution in [-0.2, 0) is 18.9 Å². The molecule has 0 bridgehead atoms. The maximum absolute atomic E-state index is 12.5. The van der Waals surface area contributed by atoms with E-state index in [-0.39, 0.29) is 12.2 Å². The third-order valence-electron chi connectivity index (χ3n) is 3.43. The summed E-state index contributed by atoms with van der Waals surface area (Å²) in [4.78, 5) is 17.9. The number of fused-ring (bicyclic) bond motifs is 1. The molecule has 0 fully saturated rings. The zero-order valence-corrected chi connectivity index (χ0v) is 14.1. The van der Waals surface area contributed by atoms with Gasteiger partial charge in [0.2, 0.25) is 0 Å². The molecule has 3 aromatic rings. The van der Waals surface area contributed by atoms with E-state index in [0.717, 1.165) is 16.0 Å². The van der Waals surface area contributed by atoms with E-state index >= 15 is 0 Å². The molecule has 6 heteroatoms. The van der Waals surface area contributed by atoms with Gasteiger partial charge in [0.15, 0.2) is 5.16 Å². The largest absolute Gasteiger partial charge is 0.392 e. The van der Waals surface area contributed by atoms with Crippen molar-refractivity contribution < 1.29 is 5.11 Å². The van der Waals surface area contributed by atoms with Crippen LogP contribution in [0.2, 0.25) is 0 Å². The van der Waals surface area contributed by atoms with Gasteiger partial charge in [0.05, 0.1) is 12.0 Å². The second-order valence-corrected chi connectivity index (χ2v) is 6.84. The third kappa shape index (κ3) is 3.39. The summed E-state index contributed by atoms with van der Waals surface area (Å²) in [6.45, 7) is 4.22. The first-order valence-corrected chi connectivity index (χ1v) is 9.00. The fourth-order valence-corrected chi connectivity index (χ4v) is 3.99. The molecule has 3 rings (SSSR count). The molecule has 0 aliphatic carbocycles. The predicted molar refractivity (Wildman–Crippen MR) is 96.0 cm³/mol. The fraction of sp³-hybridized carbons (Fsp3) is 0.176. The monoisotopic (exact) mass is 344 g/mol. The van der Waals surface area contributed by atoms with Crippen molar-refractivity contribution in [1.29, 1.82) is 0 Å². The highest BCUT2D eigenvalue weighted by Gasteiger charge is 2.11. The Morgan fingerprint density at radius 2 is 2.00 bits per heavy atom. The standard InChI is InChI=1S/C17H16N2O2S2/c1-2-8-19-16(21)14-7-9-22-15(14)18-17(19)23-11-13-5-3-12(10-20)4-6-13/h2-7,9,20H,1,8,10-11H2. The van der Waals surface area contributed by atoms with Crippen molar-refractivity contribution >= 4 is 33.3 Å². The molecule has 1 aromatic carbocycles. The van der Waals surface area contributed by atoms with Gasteiger partial charge in [0.25, 0.3) is 5.56 Å². The molecule has 0 amide bonds. The fourth-order valence-electron chi connectivity index (χ4n) is 2.22. The van der Waals surface area contributed by atoms with Gasteiger partial charge < -0.3 is 5.11 Å². The summed E-state index contributed by atoms with van der Waals surface area (Å²) in [5.74, 6) is 0.714. The second kappa shape index (κ2) is 7.12. The average Bonchev–Trinajstić information content (AvgIpc) is 3.05. The van der Waals surface area contributed by atoms with Crippen molar-refractivity contribution in [3.05, 3.63) is 69.8 Å². The van der Waals surface area contributed by atoms with Gasteiger partial charge in [-0.1, -0.05) is 42.1 Å². The van der Waals surface area contributed by atoms with Gasteiger partial charge in [-0.05, 0) is 22.6 Å². The Kier molecular flexibility index (Phi) is 4.95. The molecule has 0 atom stereocenters. The Balaban J connectivity index is 1.89. The molecule has 0 aliphatic heterocycles. The van der Waals surface area contributed by atoms with Crippen LogP contribution < -0.4 is 5.56 Å². The van der Waals surface area contributed by atoms with Gasteiger partial charge in [-0.25, -0.2) is 4.98 Å². The number of aromatic nitrogens is 2. The van der Waals surface area contributed by atoms with E-state index in [1.54, 1.807) is 10.6 Å². The summed E-state index contributed by atoms with van der Waals surface area (Å²) in [7, 11) is 0. The lowest BCUT2D eigenvalue weighted by Gasteiger charge is -2.10. The number of thioether (sulfide) groups is 1. The van der Waals surface area contributed by atoms with Gasteiger partial charge in [-0.15, -0.1) is 17.9 Å². The SMILES string of the molecule is C=CCn1c(SCc2ccc(CO)cc2)nc2sccc2c1=O. The predicted octanol–water partition coefficient (Wildman–Crippen LogP) is 3.43. The van der Waals surface area contributed by atoms with E-state index < -0.39 is 0 Å². The van der Waals surface area contributed by atoms with E-state index in [2.05, 4.69) is 11.6 Å². The molecule has 0 aliphatic rings. The minimum absolute atomic E-state index is 0.0192. The lowest BCUT2D eigenvalue weighted by Crippen LogP contribution is -2.22. The van der Waals surface area contributed by atoms with Crippen LogP contribution in [0.5, 0.6) is 0 Å². The summed E-state index contributed by atoms with van der Waals surface area (Å²) in [6, 6.07) is 9.60. The van der Waals surface area contributed by atoms with Crippen LogP contribution in [0.15, 0.2) is 58.3 Å². The summed E-state index contributed by atoms with van der Waals surface area (Å²) in [5, 5.41) is 12.3. The molecular formula is C17H16N2O2S2. The molecule has 0 radical (unpaired) electrons. The first-order valence-electron chi connectivity index (χ1n) is 7.13. The van der Waals surface area contributed by atoms with Crippen LogP contribution in [-0.4, -0.2) is 14.7 Å². The topological polar surface area (TPSA) is 55.1 Å². The van der Waals surface area contributed by atoms with Gasteiger partial charge in [-0.2, -0.15) is 0 Å². The van der Waals surface area contributed by atoms with E-state index in [1.807, 2.05) is 35.7 Å². The molecule has 0 saturated carbocycles. The number of aliphatic hydroxyl groups excluding tert-OH is 1. The number of nitrogens with zero attached hydrogens (tertiary/aromatic N) is 2. The Morgan fingerprint density at radius 3 is 2.70 bits per heavy atom. The van der Waals surface area contributed by atoms with E-state index in [4.69, 9.17) is 5.11 Å². The minimum Gasteiger partial charge on any atom is -0.392 e. The van der Waals surface area contributed by atoms with Crippen LogP contribution in [0.4, 0.5) is 0 Å². The Labute approximate surface area is 142 Å². The quantitative estimate of drug-likeness (QED) is 0.423. The van der Waals surface area contributed by atoms with Gasteiger partial charge >= 0.3 is 0 Å². The number of hydrogen-bond donors (Lipinski definition) is 1. The van der Waals surface area contributed by atoms with Crippen molar-refractivity contribution in [2.45, 2.75) is 24.1 Å². The van der Waals surface area contributed by atoms with Crippen LogP contribution >= 0.6 is 23.1 Å². The number of thiophene rings is 1. The van der Waals surface area contributed by atoms with Crippen LogP contribution in [0.3, 0.4) is 0 Å². The normalized spacial score (nSPS) is 11.0. The molecule has 118 valence electrons. The highest BCUT2D eigenvalue weighted by molar-refractivity contribution is 7.98. The second-order valence-electron chi connectivity index (χ2n) is 5.00. The van der Waals surface area contributed by atoms with Crippen molar-refractivity contribution in [2.24, 2.45) is 0 Å². The number of aliphatic hydroxyl groups is 1. The van der Waals surface area contributed by atoms with Crippen molar-refractivity contribution in [1.82, 2.24) is 9.55 Å². The first kappa shape index (κ1) is 16.0. The van der Waals surface area contributed by atoms with Gasteiger partial charge in [0, 0.05) is 12.3 Å². The molecule has 0 unspecified atom stereocenters. The summed E-state index contributed by atoms with van der Waals surface area (Å²) in [5.41, 5.74) is 1.99. The Bertz CT molecular complexity index is 882. The zero-order chi connectivity index (χ0) is 16.2. The summed E-state index contributed by atoms with van der Waals surface area (Å²) >= 11 is 3.01. The first-order chi connectivity index (χ1) is 11.2. The summed E-state index contributed by atoms with van der Waals surface area (Å²) < 4.78 is 1.66. The Hall–Kier alpha value is -1.89. The van der Waals surface area contributed by atoms with Crippen LogP contribution in [0.25, 0.3) is 10.2 Å². The van der Waals surface area contributed by atoms with Gasteiger partial charge in [-0.3, -0.25) is 9.36 Å². The molecule has 0 saturated heterocycles. The lowest BCUT2D eigenvalue weighted by molar-refractivity contribution is 0.282. The molecule has 2 aromatic heterocycles. The number of benzene rings is 1. The highest BCUT2D eigenvalue weighted by Crippen LogP contribution is 2.24. The van der Waals surface area contributed by atoms with E-state index in [9.17, 15) is 4.79 Å². The van der Waals surface area contributed by atoms with Crippen molar-refractivity contribution in [3.8, 4) is 0 Å². The summed E-state index contributed by atoms with van der Waals surface area (Å²) in [6.07, 6.45) is 1.71. The molecule has 1 N–H and O–H groups in total. The molecular weight excluding hydrogens is 328 g/mol. The molecule has 4 nitrogen and oxygen atoms in total. The maximum atomic E-state index is 12.5. The maximum Gasteiger partial charge on any atom is 0.263 e. The molecule has 0 spiro atoms. The highest BCUT2D eigenvalue weighted by atomic mass is 32.2. The molecule has 2 heterocycles. The van der Waals surface area contributed by atoms with Crippen molar-refractivity contribution in [3.63, 3.8) is 0 Å². The minimum atomic E-state index is -0.0192. The number of allylic oxidation sites excluding steroid dienone is 1. The number of hydrogen-bond acceptors (Lipinski definition) is 5. The van der Waals surface area contributed by atoms with E-state index in [1.165, 1.54) is 23.1 Å². The zero-order valence-electron chi connectivity index (χ0n) is 12.4. The Morgan fingerprint density at radius 1 is 1.26 bits per heavy atom. The lowest BCUT2D eigenvalue weighted by atomic mass is 10.2.